The molecule has 0 spiro atoms. The van der Waals surface area contributed by atoms with E-state index in [4.69, 9.17) is 9.84 Å². The highest BCUT2D eigenvalue weighted by atomic mass is 19.1. The molecule has 1 aromatic rings. The number of aliphatic hydroxyl groups excluding tert-OH is 1. The van der Waals surface area contributed by atoms with Gasteiger partial charge in [-0.2, -0.15) is 0 Å². The summed E-state index contributed by atoms with van der Waals surface area (Å²) in [5, 5.41) is 8.67. The van der Waals surface area contributed by atoms with Gasteiger partial charge in [0.05, 0.1) is 12.2 Å². The predicted molar refractivity (Wildman–Crippen MR) is 81.6 cm³/mol. The van der Waals surface area contributed by atoms with Crippen LogP contribution >= 0.6 is 0 Å². The number of halogens is 1. The minimum absolute atomic E-state index is 0.00407. The van der Waals surface area contributed by atoms with Crippen LogP contribution in [0.2, 0.25) is 0 Å². The lowest BCUT2D eigenvalue weighted by molar-refractivity contribution is 0.0900. The van der Waals surface area contributed by atoms with E-state index in [0.717, 1.165) is 12.8 Å². The molecule has 1 aliphatic carbocycles. The Morgan fingerprint density at radius 1 is 1.33 bits per heavy atom. The fourth-order valence-electron chi connectivity index (χ4n) is 2.85. The van der Waals surface area contributed by atoms with E-state index in [1.807, 2.05) is 0 Å². The van der Waals surface area contributed by atoms with Gasteiger partial charge in [0.15, 0.2) is 0 Å². The van der Waals surface area contributed by atoms with Crippen molar-refractivity contribution in [1.29, 1.82) is 0 Å². The summed E-state index contributed by atoms with van der Waals surface area (Å²) in [7, 11) is 0. The molecule has 0 aromatic heterocycles. The van der Waals surface area contributed by atoms with Crippen LogP contribution in [0.25, 0.3) is 0 Å². The Balaban J connectivity index is 2.04. The van der Waals surface area contributed by atoms with Gasteiger partial charge in [-0.15, -0.1) is 0 Å². The first-order valence-electron chi connectivity index (χ1n) is 7.80. The zero-order chi connectivity index (χ0) is 15.1. The normalized spacial score (nSPS) is 21.5. The highest BCUT2D eigenvalue weighted by Gasteiger charge is 2.25. The molecular weight excluding hydrogens is 267 g/mol. The van der Waals surface area contributed by atoms with Crippen molar-refractivity contribution in [1.82, 2.24) is 0 Å². The molecule has 2 unspecified atom stereocenters. The summed E-state index contributed by atoms with van der Waals surface area (Å²) < 4.78 is 20.0. The Bertz CT molecular complexity index is 516. The molecule has 21 heavy (non-hydrogen) atoms. The maximum Gasteiger partial charge on any atom is 0.142 e. The number of rotatable bonds is 4. The Hall–Kier alpha value is -1.53. The molecule has 0 bridgehead atoms. The molecule has 1 aromatic carbocycles. The van der Waals surface area contributed by atoms with Gasteiger partial charge in [-0.1, -0.05) is 25.2 Å². The van der Waals surface area contributed by atoms with E-state index in [9.17, 15) is 4.39 Å². The molecular formula is C18H23FO2. The second kappa shape index (κ2) is 8.05. The molecule has 1 saturated carbocycles. The Morgan fingerprint density at radius 3 is 2.86 bits per heavy atom. The fraction of sp³-hybridized carbons (Fsp3) is 0.556. The van der Waals surface area contributed by atoms with Crippen molar-refractivity contribution in [3.8, 4) is 17.6 Å². The number of benzene rings is 1. The first kappa shape index (κ1) is 15.9. The van der Waals surface area contributed by atoms with Crippen LogP contribution in [0.4, 0.5) is 4.39 Å². The van der Waals surface area contributed by atoms with E-state index in [1.54, 1.807) is 12.1 Å². The van der Waals surface area contributed by atoms with E-state index >= 15 is 0 Å². The standard InChI is InChI=1S/C18H23FO2/c1-2-14-7-3-4-9-18(14)21-16-11-10-15(17(19)13-16)8-5-6-12-20/h10-11,13-14,18,20H,2-4,6-7,9,12H2,1H3. The van der Waals surface area contributed by atoms with Crippen molar-refractivity contribution in [2.75, 3.05) is 6.61 Å². The highest BCUT2D eigenvalue weighted by molar-refractivity contribution is 5.39. The zero-order valence-electron chi connectivity index (χ0n) is 12.6. The van der Waals surface area contributed by atoms with Crippen LogP contribution in [0.15, 0.2) is 18.2 Å². The van der Waals surface area contributed by atoms with Gasteiger partial charge in [0, 0.05) is 12.5 Å². The van der Waals surface area contributed by atoms with E-state index in [-0.39, 0.29) is 18.5 Å². The number of aliphatic hydroxyl groups is 1. The topological polar surface area (TPSA) is 29.5 Å². The molecule has 0 heterocycles. The molecule has 2 rings (SSSR count). The average Bonchev–Trinajstić information content (AvgIpc) is 2.50. The molecule has 0 radical (unpaired) electrons. The van der Waals surface area contributed by atoms with Crippen LogP contribution in [-0.4, -0.2) is 17.8 Å². The highest BCUT2D eigenvalue weighted by Crippen LogP contribution is 2.30. The number of ether oxygens (including phenoxy) is 1. The predicted octanol–water partition coefficient (Wildman–Crippen LogP) is 3.91. The van der Waals surface area contributed by atoms with E-state index in [0.29, 0.717) is 23.7 Å². The molecule has 2 nitrogen and oxygen atoms in total. The maximum atomic E-state index is 14.0. The van der Waals surface area contributed by atoms with Gasteiger partial charge in [0.1, 0.15) is 17.7 Å². The van der Waals surface area contributed by atoms with Crippen molar-refractivity contribution < 1.29 is 14.2 Å². The van der Waals surface area contributed by atoms with Crippen molar-refractivity contribution in [2.45, 2.75) is 51.6 Å². The van der Waals surface area contributed by atoms with Gasteiger partial charge in [-0.05, 0) is 43.7 Å². The van der Waals surface area contributed by atoms with Gasteiger partial charge in [0.2, 0.25) is 0 Å². The summed E-state index contributed by atoms with van der Waals surface area (Å²) in [5.74, 6) is 6.26. The van der Waals surface area contributed by atoms with Gasteiger partial charge in [0.25, 0.3) is 0 Å². The van der Waals surface area contributed by atoms with E-state index in [1.165, 1.54) is 25.3 Å². The molecule has 1 aliphatic rings. The summed E-state index contributed by atoms with van der Waals surface area (Å²) in [5.41, 5.74) is 0.353. The second-order valence-electron chi connectivity index (χ2n) is 5.53. The van der Waals surface area contributed by atoms with Gasteiger partial charge in [-0.25, -0.2) is 4.39 Å². The number of hydrogen-bond donors (Lipinski definition) is 1. The van der Waals surface area contributed by atoms with Gasteiger partial charge < -0.3 is 9.84 Å². The van der Waals surface area contributed by atoms with Crippen molar-refractivity contribution >= 4 is 0 Å². The van der Waals surface area contributed by atoms with Crippen LogP contribution in [0.5, 0.6) is 5.75 Å². The quantitative estimate of drug-likeness (QED) is 0.852. The maximum absolute atomic E-state index is 14.0. The third-order valence-corrected chi connectivity index (χ3v) is 4.05. The summed E-state index contributed by atoms with van der Waals surface area (Å²) >= 11 is 0. The van der Waals surface area contributed by atoms with Crippen molar-refractivity contribution in [2.24, 2.45) is 5.92 Å². The van der Waals surface area contributed by atoms with Gasteiger partial charge >= 0.3 is 0 Å². The summed E-state index contributed by atoms with van der Waals surface area (Å²) in [6.07, 6.45) is 6.39. The lowest BCUT2D eigenvalue weighted by Crippen LogP contribution is -2.29. The largest absolute Gasteiger partial charge is 0.490 e. The van der Waals surface area contributed by atoms with E-state index in [2.05, 4.69) is 18.8 Å². The minimum Gasteiger partial charge on any atom is -0.490 e. The van der Waals surface area contributed by atoms with Crippen molar-refractivity contribution in [3.05, 3.63) is 29.6 Å². The summed E-state index contributed by atoms with van der Waals surface area (Å²) in [6, 6.07) is 4.86. The smallest absolute Gasteiger partial charge is 0.142 e. The van der Waals surface area contributed by atoms with Crippen LogP contribution < -0.4 is 4.74 Å². The Morgan fingerprint density at radius 2 is 2.14 bits per heavy atom. The second-order valence-corrected chi connectivity index (χ2v) is 5.53. The fourth-order valence-corrected chi connectivity index (χ4v) is 2.85. The summed E-state index contributed by atoms with van der Waals surface area (Å²) in [6.45, 7) is 2.18. The van der Waals surface area contributed by atoms with Crippen LogP contribution in [0, 0.1) is 23.6 Å². The molecule has 2 atom stereocenters. The van der Waals surface area contributed by atoms with Crippen LogP contribution in [0.3, 0.4) is 0 Å². The summed E-state index contributed by atoms with van der Waals surface area (Å²) in [4.78, 5) is 0. The zero-order valence-corrected chi connectivity index (χ0v) is 12.6. The molecule has 1 N–H and O–H groups in total. The first-order chi connectivity index (χ1) is 10.2. The monoisotopic (exact) mass is 290 g/mol. The van der Waals surface area contributed by atoms with E-state index < -0.39 is 0 Å². The van der Waals surface area contributed by atoms with Gasteiger partial charge in [-0.3, -0.25) is 0 Å². The minimum atomic E-state index is -0.359. The SMILES string of the molecule is CCC1CCCCC1Oc1ccc(C#CCCO)c(F)c1. The molecule has 114 valence electrons. The lowest BCUT2D eigenvalue weighted by Gasteiger charge is -2.31. The molecule has 0 amide bonds. The van der Waals surface area contributed by atoms with Crippen LogP contribution in [0.1, 0.15) is 51.0 Å². The third kappa shape index (κ3) is 4.47. The molecule has 0 saturated heterocycles. The molecule has 3 heteroatoms. The molecule has 1 fully saturated rings. The molecule has 0 aliphatic heterocycles. The van der Waals surface area contributed by atoms with Crippen LogP contribution in [-0.2, 0) is 0 Å². The Kier molecular flexibility index (Phi) is 6.07. The first-order valence-corrected chi connectivity index (χ1v) is 7.80. The van der Waals surface area contributed by atoms with Crippen molar-refractivity contribution in [3.63, 3.8) is 0 Å². The third-order valence-electron chi connectivity index (χ3n) is 4.05. The number of hydrogen-bond acceptors (Lipinski definition) is 2. The Labute approximate surface area is 126 Å². The average molecular weight is 290 g/mol. The lowest BCUT2D eigenvalue weighted by atomic mass is 9.85.